The Balaban J connectivity index is 0.771. The molecule has 14 heteroatoms. The summed E-state index contributed by atoms with van der Waals surface area (Å²) in [7, 11) is 0. The highest BCUT2D eigenvalue weighted by molar-refractivity contribution is 6.24. The molecule has 2 N–H and O–H groups in total. The summed E-state index contributed by atoms with van der Waals surface area (Å²) in [5.41, 5.74) is 6.90. The third-order valence-electron chi connectivity index (χ3n) is 13.5. The minimum Gasteiger partial charge on any atom is -0.493 e. The number of hydrogen-bond donors (Lipinski definition) is 2. The lowest BCUT2D eigenvalue weighted by molar-refractivity contribution is -0.136. The number of piperidine rings is 2. The van der Waals surface area contributed by atoms with Gasteiger partial charge in [-0.1, -0.05) is 32.9 Å². The first-order valence-electron chi connectivity index (χ1n) is 21.4. The Morgan fingerprint density at radius 2 is 1.67 bits per heavy atom. The van der Waals surface area contributed by atoms with E-state index in [1.54, 1.807) is 18.2 Å². The smallest absolute Gasteiger partial charge is 0.266 e. The number of carbonyl (C=O) groups is 6. The van der Waals surface area contributed by atoms with Gasteiger partial charge >= 0.3 is 0 Å². The molecule has 5 amide bonds. The maximum atomic E-state index is 14.1. The lowest BCUT2D eigenvalue weighted by Crippen LogP contribution is -2.54. The van der Waals surface area contributed by atoms with Crippen LogP contribution in [-0.4, -0.2) is 113 Å². The molecule has 5 heterocycles. The molecule has 4 aliphatic heterocycles. The predicted octanol–water partition coefficient (Wildman–Crippen LogP) is 4.85. The number of H-pyrrole nitrogens is 1. The molecule has 0 bridgehead atoms. The number of anilines is 1. The van der Waals surface area contributed by atoms with Crippen LogP contribution >= 0.6 is 0 Å². The van der Waals surface area contributed by atoms with Crippen LogP contribution in [0, 0.1) is 11.3 Å². The molecule has 5 aliphatic rings. The topological polar surface area (TPSA) is 176 Å². The molecule has 3 aromatic carbocycles. The Morgan fingerprint density at radius 1 is 0.902 bits per heavy atom. The van der Waals surface area contributed by atoms with E-state index in [1.165, 1.54) is 17.3 Å². The highest BCUT2D eigenvalue weighted by Crippen LogP contribution is 2.46. The van der Waals surface area contributed by atoms with Crippen LogP contribution in [0.2, 0.25) is 0 Å². The van der Waals surface area contributed by atoms with Gasteiger partial charge in [-0.15, -0.1) is 0 Å². The number of piperazine rings is 1. The number of aromatic amines is 1. The number of nitrogens with one attached hydrogen (secondary N) is 2. The van der Waals surface area contributed by atoms with E-state index in [9.17, 15) is 34.0 Å². The second kappa shape index (κ2) is 15.6. The Kier molecular flexibility index (Phi) is 10.3. The first kappa shape index (κ1) is 40.1. The van der Waals surface area contributed by atoms with Crippen molar-refractivity contribution in [2.24, 2.45) is 0 Å². The van der Waals surface area contributed by atoms with Gasteiger partial charge < -0.3 is 19.5 Å². The second-order valence-corrected chi connectivity index (χ2v) is 17.3. The van der Waals surface area contributed by atoms with Crippen LogP contribution in [0.3, 0.4) is 0 Å². The zero-order valence-electron chi connectivity index (χ0n) is 34.8. The predicted molar refractivity (Wildman–Crippen MR) is 226 cm³/mol. The van der Waals surface area contributed by atoms with Crippen molar-refractivity contribution >= 4 is 51.9 Å². The number of ether oxygens (including phenoxy) is 1. The van der Waals surface area contributed by atoms with Crippen molar-refractivity contribution in [3.05, 3.63) is 93.2 Å². The largest absolute Gasteiger partial charge is 0.493 e. The summed E-state index contributed by atoms with van der Waals surface area (Å²) < 4.78 is 5.95. The van der Waals surface area contributed by atoms with Gasteiger partial charge in [0.2, 0.25) is 17.7 Å². The fraction of sp³-hybridized carbons (Fsp3) is 0.426. The van der Waals surface area contributed by atoms with E-state index >= 15 is 0 Å². The zero-order valence-corrected chi connectivity index (χ0v) is 34.8. The number of nitrogens with zero attached hydrogens (tertiary/aromatic N) is 5. The van der Waals surface area contributed by atoms with Crippen LogP contribution in [0.1, 0.15) is 118 Å². The maximum absolute atomic E-state index is 14.1. The van der Waals surface area contributed by atoms with Crippen LogP contribution in [0.15, 0.2) is 48.5 Å². The van der Waals surface area contributed by atoms with Crippen molar-refractivity contribution in [3.8, 4) is 11.8 Å². The van der Waals surface area contributed by atoms with Gasteiger partial charge in [0, 0.05) is 91.4 Å². The summed E-state index contributed by atoms with van der Waals surface area (Å²) >= 11 is 0. The molecule has 314 valence electrons. The third-order valence-corrected chi connectivity index (χ3v) is 13.5. The Labute approximate surface area is 353 Å². The van der Waals surface area contributed by atoms with E-state index in [2.05, 4.69) is 59.1 Å². The standard InChI is InChI=1S/C47H49N7O7/c1-4-28-24-32-33(47(2,3)43-41(42(32)57)30-11-10-27(26-48)23-34(30)49-43)25-36(28)52-16-14-29(15-17-52)51-18-20-53(21-19-51)39(56)9-6-22-61-37-8-5-7-31-40(37)46(60)54(45(31)59)35-12-13-38(55)50-44(35)58/h5,7-8,10-11,23-25,29,35,49H,4,6,9,12-22H2,1-3H3,(H,50,55,58). The second-order valence-electron chi connectivity index (χ2n) is 17.3. The number of aromatic nitrogens is 1. The molecule has 0 saturated carbocycles. The number of imide groups is 2. The third kappa shape index (κ3) is 6.85. The van der Waals surface area contributed by atoms with Crippen LogP contribution in [-0.2, 0) is 26.2 Å². The summed E-state index contributed by atoms with van der Waals surface area (Å²) in [5, 5.41) is 12.5. The Morgan fingerprint density at radius 3 is 2.39 bits per heavy atom. The average Bonchev–Trinajstić information content (AvgIpc) is 3.79. The molecule has 3 saturated heterocycles. The molecule has 0 radical (unpaired) electrons. The number of rotatable bonds is 9. The van der Waals surface area contributed by atoms with Gasteiger partial charge in [-0.3, -0.25) is 43.9 Å². The van der Waals surface area contributed by atoms with Gasteiger partial charge in [0.15, 0.2) is 5.78 Å². The summed E-state index contributed by atoms with van der Waals surface area (Å²) in [6, 6.07) is 16.2. The minimum absolute atomic E-state index is 0.0271. The molecular weight excluding hydrogens is 775 g/mol. The van der Waals surface area contributed by atoms with Crippen molar-refractivity contribution in [1.82, 2.24) is 25.0 Å². The monoisotopic (exact) mass is 823 g/mol. The SMILES string of the molecule is CCc1cc2c(cc1N1CCC(N3CCN(C(=O)CCCOc4cccc5c4C(=O)N(C4CCC(=O)NC4=O)C5=O)CC3)CC1)C(C)(C)c1[nH]c3cc(C#N)ccc3c1C2=O. The van der Waals surface area contributed by atoms with Gasteiger partial charge in [-0.05, 0) is 79.6 Å². The zero-order chi connectivity index (χ0) is 42.7. The lowest BCUT2D eigenvalue weighted by Gasteiger charge is -2.44. The summed E-state index contributed by atoms with van der Waals surface area (Å²) in [6.07, 6.45) is 3.65. The Hall–Kier alpha value is -6.33. The highest BCUT2D eigenvalue weighted by atomic mass is 16.5. The first-order chi connectivity index (χ1) is 29.4. The molecule has 1 atom stereocenters. The summed E-state index contributed by atoms with van der Waals surface area (Å²) in [6.45, 7) is 11.4. The molecule has 9 rings (SSSR count). The highest BCUT2D eigenvalue weighted by Gasteiger charge is 2.46. The van der Waals surface area contributed by atoms with Crippen LogP contribution in [0.5, 0.6) is 5.75 Å². The van der Waals surface area contributed by atoms with E-state index in [4.69, 9.17) is 4.74 Å². The van der Waals surface area contributed by atoms with E-state index in [0.29, 0.717) is 36.7 Å². The van der Waals surface area contributed by atoms with Crippen molar-refractivity contribution in [2.45, 2.75) is 83.2 Å². The average molecular weight is 824 g/mol. The van der Waals surface area contributed by atoms with Crippen molar-refractivity contribution in [3.63, 3.8) is 0 Å². The molecule has 1 aromatic heterocycles. The van der Waals surface area contributed by atoms with Gasteiger partial charge in [0.25, 0.3) is 11.8 Å². The number of amides is 5. The number of carbonyl (C=O) groups excluding carboxylic acids is 6. The number of fused-ring (bicyclic) bond motifs is 5. The molecule has 1 unspecified atom stereocenters. The number of hydrogen-bond acceptors (Lipinski definition) is 10. The van der Waals surface area contributed by atoms with Crippen LogP contribution < -0.4 is 15.0 Å². The number of nitriles is 1. The molecule has 1 aliphatic carbocycles. The first-order valence-corrected chi connectivity index (χ1v) is 21.4. The lowest BCUT2D eigenvalue weighted by atomic mass is 9.70. The van der Waals surface area contributed by atoms with Gasteiger partial charge in [0.05, 0.1) is 34.9 Å². The van der Waals surface area contributed by atoms with Gasteiger partial charge in [0.1, 0.15) is 11.8 Å². The minimum atomic E-state index is -1.06. The van der Waals surface area contributed by atoms with Crippen LogP contribution in [0.25, 0.3) is 10.9 Å². The molecule has 0 spiro atoms. The molecule has 4 aromatic rings. The molecule has 3 fully saturated rings. The fourth-order valence-corrected chi connectivity index (χ4v) is 10.1. The molecule has 14 nitrogen and oxygen atoms in total. The number of benzene rings is 3. The van der Waals surface area contributed by atoms with Crippen LogP contribution in [0.4, 0.5) is 5.69 Å². The summed E-state index contributed by atoms with van der Waals surface area (Å²) in [5.74, 6) is -2.00. The number of ketones is 1. The van der Waals surface area contributed by atoms with Gasteiger partial charge in [-0.2, -0.15) is 5.26 Å². The molecule has 61 heavy (non-hydrogen) atoms. The van der Waals surface area contributed by atoms with Crippen molar-refractivity contribution in [2.75, 3.05) is 50.8 Å². The normalized spacial score (nSPS) is 20.4. The Bertz CT molecular complexity index is 2570. The quantitative estimate of drug-likeness (QED) is 0.176. The van der Waals surface area contributed by atoms with E-state index in [1.807, 2.05) is 17.0 Å². The van der Waals surface area contributed by atoms with E-state index in [-0.39, 0.29) is 54.4 Å². The van der Waals surface area contributed by atoms with Gasteiger partial charge in [-0.25, -0.2) is 0 Å². The van der Waals surface area contributed by atoms with E-state index in [0.717, 1.165) is 78.1 Å². The molecular formula is C47H49N7O7. The fourth-order valence-electron chi connectivity index (χ4n) is 10.1. The van der Waals surface area contributed by atoms with Crippen molar-refractivity contribution in [1.29, 1.82) is 5.26 Å². The summed E-state index contributed by atoms with van der Waals surface area (Å²) in [4.78, 5) is 89.3. The maximum Gasteiger partial charge on any atom is 0.266 e. The van der Waals surface area contributed by atoms with E-state index < -0.39 is 35.1 Å². The van der Waals surface area contributed by atoms with Crippen molar-refractivity contribution < 1.29 is 33.5 Å². The number of aryl methyl sites for hydroxylation is 1.